The van der Waals surface area contributed by atoms with E-state index in [0.29, 0.717) is 24.2 Å². The molecule has 5 unspecified atom stereocenters. The number of nitrogens with zero attached hydrogens (tertiary/aromatic N) is 1. The van der Waals surface area contributed by atoms with Crippen molar-refractivity contribution in [2.24, 2.45) is 11.8 Å². The molecule has 3 rings (SSSR count). The Labute approximate surface area is 124 Å². The molecule has 0 aromatic heterocycles. The smallest absolute Gasteiger partial charge is 0.0759 e. The van der Waals surface area contributed by atoms with Crippen LogP contribution in [0.3, 0.4) is 0 Å². The molecule has 2 heterocycles. The molecule has 0 bridgehead atoms. The lowest BCUT2D eigenvalue weighted by molar-refractivity contribution is -0.00295. The number of piperidine rings is 1. The van der Waals surface area contributed by atoms with Crippen LogP contribution in [0.5, 0.6) is 0 Å². The first kappa shape index (κ1) is 14.8. The minimum Gasteiger partial charge on any atom is -0.376 e. The van der Waals surface area contributed by atoms with E-state index < -0.39 is 0 Å². The molecule has 0 spiro atoms. The molecule has 0 aromatic carbocycles. The van der Waals surface area contributed by atoms with Crippen LogP contribution in [0.2, 0.25) is 0 Å². The SMILES string of the molecule is CCCNC1CCN(C2CCOC2C2CC2)C(C)C1C. The predicted octanol–water partition coefficient (Wildman–Crippen LogP) is 2.65. The number of rotatable bonds is 5. The number of hydrogen-bond acceptors (Lipinski definition) is 3. The lowest BCUT2D eigenvalue weighted by Crippen LogP contribution is -2.58. The minimum absolute atomic E-state index is 0.546. The van der Waals surface area contributed by atoms with E-state index in [-0.39, 0.29) is 0 Å². The Bertz CT molecular complexity index is 318. The Morgan fingerprint density at radius 3 is 2.65 bits per heavy atom. The summed E-state index contributed by atoms with van der Waals surface area (Å²) in [4.78, 5) is 2.78. The summed E-state index contributed by atoms with van der Waals surface area (Å²) < 4.78 is 6.06. The number of ether oxygens (including phenoxy) is 1. The molecular formula is C17H32N2O. The van der Waals surface area contributed by atoms with E-state index in [1.54, 1.807) is 0 Å². The van der Waals surface area contributed by atoms with E-state index in [2.05, 4.69) is 31.0 Å². The predicted molar refractivity (Wildman–Crippen MR) is 82.9 cm³/mol. The quantitative estimate of drug-likeness (QED) is 0.838. The van der Waals surface area contributed by atoms with E-state index in [4.69, 9.17) is 4.74 Å². The number of nitrogens with one attached hydrogen (secondary N) is 1. The van der Waals surface area contributed by atoms with Gasteiger partial charge in [0.2, 0.25) is 0 Å². The Morgan fingerprint density at radius 1 is 1.15 bits per heavy atom. The maximum Gasteiger partial charge on any atom is 0.0759 e. The molecule has 3 nitrogen and oxygen atoms in total. The maximum absolute atomic E-state index is 6.06. The molecule has 1 saturated carbocycles. The monoisotopic (exact) mass is 280 g/mol. The van der Waals surface area contributed by atoms with E-state index in [1.807, 2.05) is 0 Å². The lowest BCUT2D eigenvalue weighted by atomic mass is 9.85. The van der Waals surface area contributed by atoms with Crippen molar-refractivity contribution in [3.8, 4) is 0 Å². The van der Waals surface area contributed by atoms with E-state index >= 15 is 0 Å². The van der Waals surface area contributed by atoms with Crippen molar-refractivity contribution in [3.63, 3.8) is 0 Å². The van der Waals surface area contributed by atoms with Gasteiger partial charge in [-0.15, -0.1) is 0 Å². The summed E-state index contributed by atoms with van der Waals surface area (Å²) in [5.74, 6) is 1.62. The standard InChI is InChI=1S/C17H32N2O/c1-4-9-18-15-7-10-19(13(3)12(15)2)16-8-11-20-17(16)14-5-6-14/h12-18H,4-11H2,1-3H3. The third-order valence-electron chi connectivity index (χ3n) is 5.89. The zero-order chi connectivity index (χ0) is 14.1. The Morgan fingerprint density at radius 2 is 1.95 bits per heavy atom. The van der Waals surface area contributed by atoms with Crippen molar-refractivity contribution in [1.82, 2.24) is 10.2 Å². The summed E-state index contributed by atoms with van der Waals surface area (Å²) in [5.41, 5.74) is 0. The third-order valence-corrected chi connectivity index (χ3v) is 5.89. The van der Waals surface area contributed by atoms with Crippen molar-refractivity contribution in [3.05, 3.63) is 0 Å². The highest BCUT2D eigenvalue weighted by Crippen LogP contribution is 2.42. The second-order valence-electron chi connectivity index (χ2n) is 7.22. The third kappa shape index (κ3) is 2.90. The molecule has 0 amide bonds. The second kappa shape index (κ2) is 6.33. The number of hydrogen-bond donors (Lipinski definition) is 1. The van der Waals surface area contributed by atoms with Crippen LogP contribution in [-0.4, -0.2) is 48.8 Å². The van der Waals surface area contributed by atoms with Gasteiger partial charge in [-0.1, -0.05) is 13.8 Å². The summed E-state index contributed by atoms with van der Waals surface area (Å²) in [6, 6.07) is 2.10. The average Bonchev–Trinajstić information content (AvgIpc) is 3.19. The summed E-state index contributed by atoms with van der Waals surface area (Å²) in [6.07, 6.45) is 7.15. The summed E-state index contributed by atoms with van der Waals surface area (Å²) in [7, 11) is 0. The highest BCUT2D eigenvalue weighted by molar-refractivity contribution is 4.99. The second-order valence-corrected chi connectivity index (χ2v) is 7.22. The van der Waals surface area contributed by atoms with Gasteiger partial charge in [-0.25, -0.2) is 0 Å². The Hall–Kier alpha value is -0.120. The van der Waals surface area contributed by atoms with Crippen LogP contribution >= 0.6 is 0 Å². The van der Waals surface area contributed by atoms with Crippen molar-refractivity contribution < 1.29 is 4.74 Å². The van der Waals surface area contributed by atoms with Gasteiger partial charge in [-0.2, -0.15) is 0 Å². The fraction of sp³-hybridized carbons (Fsp3) is 1.00. The van der Waals surface area contributed by atoms with Gasteiger partial charge in [0.25, 0.3) is 0 Å². The van der Waals surface area contributed by atoms with Crippen molar-refractivity contribution in [2.45, 2.75) is 77.1 Å². The Kier molecular flexibility index (Phi) is 4.68. The largest absolute Gasteiger partial charge is 0.376 e. The van der Waals surface area contributed by atoms with Crippen molar-refractivity contribution in [1.29, 1.82) is 0 Å². The molecule has 3 aliphatic rings. The maximum atomic E-state index is 6.06. The molecule has 0 aromatic rings. The van der Waals surface area contributed by atoms with E-state index in [1.165, 1.54) is 45.2 Å². The van der Waals surface area contributed by atoms with Gasteiger partial charge in [-0.05, 0) is 57.4 Å². The van der Waals surface area contributed by atoms with Crippen LogP contribution in [0.1, 0.15) is 52.9 Å². The first-order chi connectivity index (χ1) is 9.72. The first-order valence-corrected chi connectivity index (χ1v) is 8.83. The van der Waals surface area contributed by atoms with Crippen molar-refractivity contribution in [2.75, 3.05) is 19.7 Å². The summed E-state index contributed by atoms with van der Waals surface area (Å²) >= 11 is 0. The molecule has 1 N–H and O–H groups in total. The van der Waals surface area contributed by atoms with Gasteiger partial charge in [0.1, 0.15) is 0 Å². The van der Waals surface area contributed by atoms with Crippen LogP contribution in [0.4, 0.5) is 0 Å². The van der Waals surface area contributed by atoms with Gasteiger partial charge in [-0.3, -0.25) is 4.90 Å². The molecule has 3 fully saturated rings. The topological polar surface area (TPSA) is 24.5 Å². The van der Waals surface area contributed by atoms with Crippen LogP contribution < -0.4 is 5.32 Å². The van der Waals surface area contributed by atoms with Gasteiger partial charge in [0.05, 0.1) is 6.10 Å². The first-order valence-electron chi connectivity index (χ1n) is 8.83. The van der Waals surface area contributed by atoms with E-state index in [9.17, 15) is 0 Å². The van der Waals surface area contributed by atoms with Gasteiger partial charge in [0.15, 0.2) is 0 Å². The van der Waals surface area contributed by atoms with Gasteiger partial charge < -0.3 is 10.1 Å². The van der Waals surface area contributed by atoms with Crippen LogP contribution in [0, 0.1) is 11.8 Å². The lowest BCUT2D eigenvalue weighted by Gasteiger charge is -2.47. The van der Waals surface area contributed by atoms with Crippen molar-refractivity contribution >= 4 is 0 Å². The van der Waals surface area contributed by atoms with Gasteiger partial charge >= 0.3 is 0 Å². The molecule has 2 saturated heterocycles. The zero-order valence-electron chi connectivity index (χ0n) is 13.5. The molecule has 1 aliphatic carbocycles. The Balaban J connectivity index is 1.60. The molecule has 3 heteroatoms. The molecule has 116 valence electrons. The zero-order valence-corrected chi connectivity index (χ0v) is 13.5. The number of likely N-dealkylation sites (tertiary alicyclic amines) is 1. The molecule has 20 heavy (non-hydrogen) atoms. The average molecular weight is 280 g/mol. The molecule has 2 aliphatic heterocycles. The highest BCUT2D eigenvalue weighted by Gasteiger charge is 2.46. The van der Waals surface area contributed by atoms with Crippen LogP contribution in [-0.2, 0) is 4.74 Å². The van der Waals surface area contributed by atoms with Gasteiger partial charge in [0, 0.05) is 31.3 Å². The van der Waals surface area contributed by atoms with E-state index in [0.717, 1.165) is 18.4 Å². The highest BCUT2D eigenvalue weighted by atomic mass is 16.5. The fourth-order valence-corrected chi connectivity index (χ4v) is 4.31. The molecule has 5 atom stereocenters. The fourth-order valence-electron chi connectivity index (χ4n) is 4.31. The van der Waals surface area contributed by atoms with Crippen LogP contribution in [0.15, 0.2) is 0 Å². The van der Waals surface area contributed by atoms with Crippen LogP contribution in [0.25, 0.3) is 0 Å². The summed E-state index contributed by atoms with van der Waals surface area (Å²) in [6.45, 7) is 10.5. The minimum atomic E-state index is 0.546. The summed E-state index contributed by atoms with van der Waals surface area (Å²) in [5, 5.41) is 3.75. The molecule has 0 radical (unpaired) electrons. The normalized spacial score (nSPS) is 43.0. The molecular weight excluding hydrogens is 248 g/mol.